The fourth-order valence-electron chi connectivity index (χ4n) is 2.77. The van der Waals surface area contributed by atoms with Crippen molar-refractivity contribution in [3.05, 3.63) is 34.7 Å². The number of rotatable bonds is 4. The van der Waals surface area contributed by atoms with Crippen LogP contribution >= 0.6 is 0 Å². The molecule has 2 heterocycles. The summed E-state index contributed by atoms with van der Waals surface area (Å²) in [6.45, 7) is 1.35. The van der Waals surface area contributed by atoms with E-state index in [1.54, 1.807) is 23.2 Å². The summed E-state index contributed by atoms with van der Waals surface area (Å²) >= 11 is 0. The Kier molecular flexibility index (Phi) is 4.27. The number of nitrogens with one attached hydrogen (secondary N) is 1. The summed E-state index contributed by atoms with van der Waals surface area (Å²) in [5.74, 6) is 0.352. The number of piperidine rings is 1. The van der Waals surface area contributed by atoms with E-state index in [9.17, 15) is 14.4 Å². The number of carbonyl (C=O) groups is 2. The Balaban J connectivity index is 1.48. The number of hydrogen-bond acceptors (Lipinski definition) is 3. The molecule has 2 amide bonds. The van der Waals surface area contributed by atoms with E-state index in [-0.39, 0.29) is 35.9 Å². The molecule has 1 aromatic rings. The first-order valence-electron chi connectivity index (χ1n) is 7.87. The Morgan fingerprint density at radius 2 is 1.86 bits per heavy atom. The predicted molar refractivity (Wildman–Crippen MR) is 81.2 cm³/mol. The molecule has 0 spiro atoms. The van der Waals surface area contributed by atoms with Crippen LogP contribution in [0.5, 0.6) is 0 Å². The van der Waals surface area contributed by atoms with Crippen molar-refractivity contribution in [2.24, 2.45) is 5.92 Å². The van der Waals surface area contributed by atoms with Gasteiger partial charge in [-0.15, -0.1) is 0 Å². The maximum atomic E-state index is 12.2. The van der Waals surface area contributed by atoms with Gasteiger partial charge in [0.15, 0.2) is 0 Å². The van der Waals surface area contributed by atoms with Crippen LogP contribution in [0, 0.1) is 5.92 Å². The zero-order chi connectivity index (χ0) is 15.5. The molecule has 1 N–H and O–H groups in total. The van der Waals surface area contributed by atoms with Gasteiger partial charge in [0.25, 0.3) is 5.56 Å². The van der Waals surface area contributed by atoms with Gasteiger partial charge in [0, 0.05) is 37.3 Å². The number of aromatic nitrogens is 1. The standard InChI is InChI=1S/C16H21N3O3/c20-14-3-1-2-8-19(14)11-15(21)18-9-6-13(7-10-18)17-16(22)12-4-5-12/h1-3,8,12-13H,4-7,9-11H2,(H,17,22). The highest BCUT2D eigenvalue weighted by molar-refractivity contribution is 5.81. The Morgan fingerprint density at radius 3 is 2.50 bits per heavy atom. The molecule has 118 valence electrons. The third kappa shape index (κ3) is 3.55. The zero-order valence-electron chi connectivity index (χ0n) is 12.5. The molecule has 0 bridgehead atoms. The Hall–Kier alpha value is -2.11. The van der Waals surface area contributed by atoms with Gasteiger partial charge in [-0.2, -0.15) is 0 Å². The molecule has 0 atom stereocenters. The fraction of sp³-hybridized carbons (Fsp3) is 0.562. The first-order valence-corrected chi connectivity index (χ1v) is 7.87. The molecule has 0 aromatic carbocycles. The molecule has 6 heteroatoms. The van der Waals surface area contributed by atoms with Crippen molar-refractivity contribution in [1.82, 2.24) is 14.8 Å². The van der Waals surface area contributed by atoms with E-state index in [0.29, 0.717) is 13.1 Å². The van der Waals surface area contributed by atoms with E-state index in [4.69, 9.17) is 0 Å². The van der Waals surface area contributed by atoms with Crippen LogP contribution in [-0.2, 0) is 16.1 Å². The summed E-state index contributed by atoms with van der Waals surface area (Å²) in [6, 6.07) is 5.04. The quantitative estimate of drug-likeness (QED) is 0.873. The minimum absolute atomic E-state index is 0.0414. The maximum Gasteiger partial charge on any atom is 0.250 e. The van der Waals surface area contributed by atoms with Crippen LogP contribution < -0.4 is 10.9 Å². The van der Waals surface area contributed by atoms with Gasteiger partial charge < -0.3 is 14.8 Å². The van der Waals surface area contributed by atoms with Gasteiger partial charge in [-0.1, -0.05) is 6.07 Å². The SMILES string of the molecule is O=C(NC1CCN(C(=O)Cn2ccccc2=O)CC1)C1CC1. The van der Waals surface area contributed by atoms with E-state index < -0.39 is 0 Å². The van der Waals surface area contributed by atoms with Gasteiger partial charge in [0.2, 0.25) is 11.8 Å². The lowest BCUT2D eigenvalue weighted by Crippen LogP contribution is -2.48. The van der Waals surface area contributed by atoms with Gasteiger partial charge in [-0.25, -0.2) is 0 Å². The van der Waals surface area contributed by atoms with Crippen LogP contribution in [0.3, 0.4) is 0 Å². The Labute approximate surface area is 129 Å². The van der Waals surface area contributed by atoms with Crippen molar-refractivity contribution in [2.75, 3.05) is 13.1 Å². The average molecular weight is 303 g/mol. The third-order valence-corrected chi connectivity index (χ3v) is 4.35. The van der Waals surface area contributed by atoms with E-state index in [1.807, 2.05) is 0 Å². The fourth-order valence-corrected chi connectivity index (χ4v) is 2.77. The number of pyridine rings is 1. The molecule has 0 radical (unpaired) electrons. The summed E-state index contributed by atoms with van der Waals surface area (Å²) in [7, 11) is 0. The second kappa shape index (κ2) is 6.34. The molecule has 1 saturated heterocycles. The molecule has 2 aliphatic rings. The minimum Gasteiger partial charge on any atom is -0.353 e. The number of likely N-dealkylation sites (tertiary alicyclic amines) is 1. The smallest absolute Gasteiger partial charge is 0.250 e. The van der Waals surface area contributed by atoms with E-state index in [2.05, 4.69) is 5.32 Å². The van der Waals surface area contributed by atoms with Gasteiger partial charge >= 0.3 is 0 Å². The average Bonchev–Trinajstić information content (AvgIpc) is 3.35. The van der Waals surface area contributed by atoms with Crippen molar-refractivity contribution in [3.8, 4) is 0 Å². The normalized spacial score (nSPS) is 19.0. The maximum absolute atomic E-state index is 12.2. The summed E-state index contributed by atoms with van der Waals surface area (Å²) in [5, 5.41) is 3.07. The van der Waals surface area contributed by atoms with Crippen LogP contribution in [0.15, 0.2) is 29.2 Å². The number of hydrogen-bond donors (Lipinski definition) is 1. The summed E-state index contributed by atoms with van der Waals surface area (Å²) < 4.78 is 1.42. The zero-order valence-corrected chi connectivity index (χ0v) is 12.5. The lowest BCUT2D eigenvalue weighted by atomic mass is 10.0. The minimum atomic E-state index is -0.164. The van der Waals surface area contributed by atoms with E-state index in [0.717, 1.165) is 25.7 Å². The highest BCUT2D eigenvalue weighted by Crippen LogP contribution is 2.29. The van der Waals surface area contributed by atoms with Gasteiger partial charge in [-0.05, 0) is 31.7 Å². The number of carbonyl (C=O) groups excluding carboxylic acids is 2. The van der Waals surface area contributed by atoms with Crippen molar-refractivity contribution in [2.45, 2.75) is 38.3 Å². The Morgan fingerprint density at radius 1 is 1.14 bits per heavy atom. The summed E-state index contributed by atoms with van der Waals surface area (Å²) in [5.41, 5.74) is -0.164. The molecule has 6 nitrogen and oxygen atoms in total. The molecule has 2 fully saturated rings. The second-order valence-electron chi connectivity index (χ2n) is 6.10. The molecular weight excluding hydrogens is 282 g/mol. The van der Waals surface area contributed by atoms with E-state index in [1.165, 1.54) is 10.6 Å². The predicted octanol–water partition coefficient (Wildman–Crippen LogP) is 0.365. The first kappa shape index (κ1) is 14.8. The van der Waals surface area contributed by atoms with Crippen LogP contribution in [-0.4, -0.2) is 40.4 Å². The van der Waals surface area contributed by atoms with Crippen molar-refractivity contribution in [1.29, 1.82) is 0 Å². The second-order valence-corrected chi connectivity index (χ2v) is 6.10. The molecule has 22 heavy (non-hydrogen) atoms. The molecule has 0 unspecified atom stereocenters. The van der Waals surface area contributed by atoms with Crippen LogP contribution in [0.1, 0.15) is 25.7 Å². The largest absolute Gasteiger partial charge is 0.353 e. The first-order chi connectivity index (χ1) is 10.6. The molecular formula is C16H21N3O3. The summed E-state index contributed by atoms with van der Waals surface area (Å²) in [4.78, 5) is 37.4. The lowest BCUT2D eigenvalue weighted by Gasteiger charge is -2.32. The molecule has 1 aliphatic carbocycles. The Bertz CT molecular complexity index is 613. The molecule has 1 saturated carbocycles. The molecule has 3 rings (SSSR count). The monoisotopic (exact) mass is 303 g/mol. The van der Waals surface area contributed by atoms with Crippen LogP contribution in [0.2, 0.25) is 0 Å². The highest BCUT2D eigenvalue weighted by atomic mass is 16.2. The third-order valence-electron chi connectivity index (χ3n) is 4.35. The van der Waals surface area contributed by atoms with Gasteiger partial charge in [-0.3, -0.25) is 14.4 Å². The number of nitrogens with zero attached hydrogens (tertiary/aromatic N) is 2. The summed E-state index contributed by atoms with van der Waals surface area (Å²) in [6.07, 6.45) is 5.22. The highest BCUT2D eigenvalue weighted by Gasteiger charge is 2.32. The van der Waals surface area contributed by atoms with Gasteiger partial charge in [0.1, 0.15) is 6.54 Å². The topological polar surface area (TPSA) is 71.4 Å². The van der Waals surface area contributed by atoms with Gasteiger partial charge in [0.05, 0.1) is 0 Å². The van der Waals surface area contributed by atoms with Crippen LogP contribution in [0.25, 0.3) is 0 Å². The van der Waals surface area contributed by atoms with Crippen LogP contribution in [0.4, 0.5) is 0 Å². The molecule has 1 aliphatic heterocycles. The van der Waals surface area contributed by atoms with Crippen molar-refractivity contribution >= 4 is 11.8 Å². The van der Waals surface area contributed by atoms with Crippen molar-refractivity contribution in [3.63, 3.8) is 0 Å². The molecule has 1 aromatic heterocycles. The number of amides is 2. The van der Waals surface area contributed by atoms with E-state index >= 15 is 0 Å². The van der Waals surface area contributed by atoms with Crippen molar-refractivity contribution < 1.29 is 9.59 Å². The lowest BCUT2D eigenvalue weighted by molar-refractivity contribution is -0.133.